The normalized spacial score (nSPS) is 23.4. The Kier molecular flexibility index (Phi) is 36.7. The Morgan fingerprint density at radius 1 is 0.516 bits per heavy atom. The van der Waals surface area contributed by atoms with Crippen molar-refractivity contribution in [3.63, 3.8) is 0 Å². The van der Waals surface area contributed by atoms with E-state index >= 15 is 0 Å². The zero-order valence-corrected chi connectivity index (χ0v) is 40.2. The molecule has 0 spiro atoms. The molecule has 14 heteroatoms. The number of unbranched alkanes of at least 4 members (excludes halogenated alkanes) is 31. The lowest BCUT2D eigenvalue weighted by molar-refractivity contribution is -0.221. The molecule has 0 aromatic heterocycles. The molecule has 0 amide bonds. The van der Waals surface area contributed by atoms with Crippen LogP contribution >= 0.6 is 7.82 Å². The molecule has 13 nitrogen and oxygen atoms in total. The zero-order valence-electron chi connectivity index (χ0n) is 39.3. The number of hydrogen-bond donors (Lipinski definition) is 8. The van der Waals surface area contributed by atoms with Crippen molar-refractivity contribution in [2.24, 2.45) is 4.99 Å². The van der Waals surface area contributed by atoms with Crippen molar-refractivity contribution in [3.8, 4) is 0 Å². The fraction of sp³-hybridized carbons (Fsp3) is 0.979. The van der Waals surface area contributed by atoms with Gasteiger partial charge in [-0.15, -0.1) is 0 Å². The van der Waals surface area contributed by atoms with Gasteiger partial charge in [0.15, 0.2) is 0 Å². The van der Waals surface area contributed by atoms with E-state index in [0.29, 0.717) is 12.8 Å². The average Bonchev–Trinajstić information content (AvgIpc) is 3.25. The van der Waals surface area contributed by atoms with Crippen molar-refractivity contribution in [2.75, 3.05) is 6.61 Å². The number of hydrogen-bond acceptors (Lipinski definition) is 12. The largest absolute Gasteiger partial charge is 0.862 e. The fourth-order valence-corrected chi connectivity index (χ4v) is 9.43. The van der Waals surface area contributed by atoms with Crippen LogP contribution in [-0.4, -0.2) is 108 Å². The predicted molar refractivity (Wildman–Crippen MR) is 247 cm³/mol. The molecule has 0 heterocycles. The van der Waals surface area contributed by atoms with Crippen molar-refractivity contribution in [1.29, 1.82) is 0 Å². The summed E-state index contributed by atoms with van der Waals surface area (Å²) in [5, 5.41) is 85.2. The van der Waals surface area contributed by atoms with Crippen LogP contribution in [0.4, 0.5) is 0 Å². The standard InChI is InChI=1S/C48H96NO12P/c1-3-5-7-9-11-13-15-17-18-19-20-21-22-23-24-25-27-29-31-33-35-37-41(51)49-39(38-60-62(58,59)61-48-46(56)44(54)43(53)45(55)47(48)57)42(52)40(50)36-34-32-30-28-26-16-14-12-10-8-6-4-2/h39-40,42-48,50,52-57H,3-38H2,1-2H3,(H,49,51)(H,58,59)/p-1/t39-,40-,42-,43?,44-,45+,46+,47+,48?/m0/s1. The maximum absolute atomic E-state index is 13.0. The first-order valence-electron chi connectivity index (χ1n) is 25.5. The molecule has 62 heavy (non-hydrogen) atoms. The highest BCUT2D eigenvalue weighted by atomic mass is 31.2. The van der Waals surface area contributed by atoms with E-state index in [1.165, 1.54) is 148 Å². The summed E-state index contributed by atoms with van der Waals surface area (Å²) in [6.07, 6.45) is 25.3. The van der Waals surface area contributed by atoms with E-state index in [1.54, 1.807) is 0 Å². The topological polar surface area (TPSA) is 233 Å². The lowest BCUT2D eigenvalue weighted by Crippen LogP contribution is -2.64. The van der Waals surface area contributed by atoms with E-state index in [2.05, 4.69) is 18.8 Å². The Bertz CT molecular complexity index is 1090. The Balaban J connectivity index is 2.47. The first-order chi connectivity index (χ1) is 29.9. The molecule has 0 radical (unpaired) electrons. The van der Waals surface area contributed by atoms with Gasteiger partial charge in [-0.2, -0.15) is 0 Å². The van der Waals surface area contributed by atoms with Gasteiger partial charge in [0.25, 0.3) is 0 Å². The Morgan fingerprint density at radius 2 is 0.823 bits per heavy atom. The summed E-state index contributed by atoms with van der Waals surface area (Å²) in [6.45, 7) is 3.66. The van der Waals surface area contributed by atoms with E-state index in [0.717, 1.165) is 51.4 Å². The van der Waals surface area contributed by atoms with Crippen LogP contribution in [0.1, 0.15) is 239 Å². The number of aliphatic hydroxyl groups is 7. The highest BCUT2D eigenvalue weighted by Gasteiger charge is 2.51. The summed E-state index contributed by atoms with van der Waals surface area (Å²) in [4.78, 5) is 14.5. The zero-order chi connectivity index (χ0) is 45.9. The van der Waals surface area contributed by atoms with Gasteiger partial charge in [0.05, 0.1) is 12.7 Å². The molecule has 0 saturated heterocycles. The van der Waals surface area contributed by atoms with Crippen LogP contribution in [0.25, 0.3) is 0 Å². The maximum Gasteiger partial charge on any atom is 0.472 e. The van der Waals surface area contributed by atoms with Gasteiger partial charge in [0.1, 0.15) is 48.8 Å². The molecule has 10 atom stereocenters. The quantitative estimate of drug-likeness (QED) is 0.0124. The minimum Gasteiger partial charge on any atom is -0.862 e. The van der Waals surface area contributed by atoms with Gasteiger partial charge in [-0.05, 0) is 25.2 Å². The van der Waals surface area contributed by atoms with Crippen molar-refractivity contribution in [1.82, 2.24) is 0 Å². The number of rotatable bonds is 43. The van der Waals surface area contributed by atoms with Crippen LogP contribution < -0.4 is 5.11 Å². The van der Waals surface area contributed by atoms with Crippen LogP contribution in [0.3, 0.4) is 0 Å². The van der Waals surface area contributed by atoms with Gasteiger partial charge in [0, 0.05) is 0 Å². The SMILES string of the molecule is CCCCCCCCCCCCCCCCCCCCCCCC([O-])=N[C@@H](COP(=O)(O)OC1[C@H](O)[C@H](O)C(O)[C@H](O)[C@H]1O)[C@H](O)[C@@H](O)CCCCCCCCCCCCCC. The van der Waals surface area contributed by atoms with Crippen molar-refractivity contribution in [3.05, 3.63) is 0 Å². The monoisotopic (exact) mass is 909 g/mol. The summed E-state index contributed by atoms with van der Waals surface area (Å²) in [7, 11) is -5.17. The maximum atomic E-state index is 13.0. The summed E-state index contributed by atoms with van der Waals surface area (Å²) in [5.74, 6) is -0.542. The first-order valence-corrected chi connectivity index (χ1v) is 27.0. The molecule has 0 bridgehead atoms. The van der Waals surface area contributed by atoms with Crippen LogP contribution in [0.5, 0.6) is 0 Å². The molecular formula is C48H95NO12P-. The molecule has 0 aliphatic heterocycles. The van der Waals surface area contributed by atoms with Crippen LogP contribution in [0.15, 0.2) is 4.99 Å². The minimum atomic E-state index is -5.17. The van der Waals surface area contributed by atoms with Crippen LogP contribution in [-0.2, 0) is 13.6 Å². The molecule has 1 aliphatic carbocycles. The van der Waals surface area contributed by atoms with E-state index < -0.39 is 75.2 Å². The number of phosphoric ester groups is 1. The third kappa shape index (κ3) is 29.0. The Morgan fingerprint density at radius 3 is 1.18 bits per heavy atom. The second-order valence-electron chi connectivity index (χ2n) is 18.4. The molecule has 3 unspecified atom stereocenters. The highest BCUT2D eigenvalue weighted by molar-refractivity contribution is 7.47. The summed E-state index contributed by atoms with van der Waals surface area (Å²) in [6, 6.07) is -1.42. The van der Waals surface area contributed by atoms with Gasteiger partial charge in [-0.1, -0.05) is 219 Å². The van der Waals surface area contributed by atoms with Crippen molar-refractivity contribution >= 4 is 13.7 Å². The van der Waals surface area contributed by atoms with E-state index in [4.69, 9.17) is 9.05 Å². The lowest BCUT2D eigenvalue weighted by atomic mass is 9.85. The number of nitrogens with zero attached hydrogens (tertiary/aromatic N) is 1. The van der Waals surface area contributed by atoms with Gasteiger partial charge in [-0.25, -0.2) is 4.57 Å². The number of aliphatic imine (C=N–C) groups is 1. The fourth-order valence-electron chi connectivity index (χ4n) is 8.47. The molecule has 0 aromatic rings. The summed E-state index contributed by atoms with van der Waals surface area (Å²) in [5.41, 5.74) is 0. The Hall–Kier alpha value is -0.700. The van der Waals surface area contributed by atoms with Crippen LogP contribution in [0, 0.1) is 0 Å². The second-order valence-corrected chi connectivity index (χ2v) is 19.8. The molecule has 1 aliphatic rings. The second kappa shape index (κ2) is 38.4. The van der Waals surface area contributed by atoms with Crippen molar-refractivity contribution in [2.45, 2.75) is 293 Å². The lowest BCUT2D eigenvalue weighted by Gasteiger charge is -2.41. The molecule has 8 N–H and O–H groups in total. The first kappa shape index (κ1) is 59.3. The van der Waals surface area contributed by atoms with Gasteiger partial charge >= 0.3 is 7.82 Å². The van der Waals surface area contributed by atoms with Crippen LogP contribution in [0.2, 0.25) is 0 Å². The predicted octanol–water partition coefficient (Wildman–Crippen LogP) is 8.85. The molecule has 1 rings (SSSR count). The van der Waals surface area contributed by atoms with E-state index in [-0.39, 0.29) is 12.8 Å². The van der Waals surface area contributed by atoms with E-state index in [1.807, 2.05) is 0 Å². The molecule has 1 saturated carbocycles. The minimum absolute atomic E-state index is 0.100. The number of aliphatic hydroxyl groups excluding tert-OH is 7. The molecule has 370 valence electrons. The molecular weight excluding hydrogens is 813 g/mol. The molecule has 0 aromatic carbocycles. The summed E-state index contributed by atoms with van der Waals surface area (Å²) >= 11 is 0. The van der Waals surface area contributed by atoms with Crippen molar-refractivity contribution < 1.29 is 59.4 Å². The number of phosphoric acid groups is 1. The highest BCUT2D eigenvalue weighted by Crippen LogP contribution is 2.47. The van der Waals surface area contributed by atoms with Gasteiger partial charge < -0.3 is 45.7 Å². The summed E-state index contributed by atoms with van der Waals surface area (Å²) < 4.78 is 22.9. The average molecular weight is 909 g/mol. The molecule has 1 fully saturated rings. The van der Waals surface area contributed by atoms with Gasteiger partial charge in [0.2, 0.25) is 0 Å². The van der Waals surface area contributed by atoms with E-state index in [9.17, 15) is 50.3 Å². The Labute approximate surface area is 377 Å². The third-order valence-electron chi connectivity index (χ3n) is 12.7. The smallest absolute Gasteiger partial charge is 0.472 e. The third-order valence-corrected chi connectivity index (χ3v) is 13.7. The van der Waals surface area contributed by atoms with Gasteiger partial charge in [-0.3, -0.25) is 14.0 Å².